The molecule has 3 aromatic rings. The van der Waals surface area contributed by atoms with E-state index in [1.54, 1.807) is 24.3 Å². The van der Waals surface area contributed by atoms with Gasteiger partial charge in [-0.15, -0.1) is 0 Å². The summed E-state index contributed by atoms with van der Waals surface area (Å²) in [6, 6.07) is 12.6. The van der Waals surface area contributed by atoms with E-state index >= 15 is 0 Å². The van der Waals surface area contributed by atoms with Crippen molar-refractivity contribution in [2.45, 2.75) is 13.5 Å². The molecule has 25 heavy (non-hydrogen) atoms. The van der Waals surface area contributed by atoms with Crippen molar-refractivity contribution < 1.29 is 23.5 Å². The minimum Gasteiger partial charge on any atom is -0.454 e. The number of carbonyl (C=O) groups is 1. The average molecular weight is 338 g/mol. The molecule has 7 nitrogen and oxygen atoms in total. The van der Waals surface area contributed by atoms with Crippen molar-refractivity contribution in [3.05, 3.63) is 59.5 Å². The molecule has 1 aliphatic rings. The normalized spacial score (nSPS) is 12.2. The average Bonchev–Trinajstić information content (AvgIpc) is 3.28. The van der Waals surface area contributed by atoms with Gasteiger partial charge in [-0.1, -0.05) is 23.4 Å². The topological polar surface area (TPSA) is 83.7 Å². The zero-order valence-electron chi connectivity index (χ0n) is 13.4. The predicted octanol–water partition coefficient (Wildman–Crippen LogP) is 3.13. The SMILES string of the molecule is Cc1ccccc1C(=O)OCc1nc(-c2ccc3c(c2)OCO3)no1. The molecule has 0 radical (unpaired) electrons. The van der Waals surface area contributed by atoms with Crippen LogP contribution >= 0.6 is 0 Å². The second-order valence-corrected chi connectivity index (χ2v) is 5.47. The first-order valence-electron chi connectivity index (χ1n) is 7.66. The van der Waals surface area contributed by atoms with Crippen LogP contribution in [0, 0.1) is 6.92 Å². The van der Waals surface area contributed by atoms with E-state index in [-0.39, 0.29) is 19.3 Å². The standard InChI is InChI=1S/C18H14N2O5/c1-11-4-2-3-5-13(11)18(21)22-9-16-19-17(20-25-16)12-6-7-14-15(8-12)24-10-23-14/h2-8H,9-10H2,1H3. The van der Waals surface area contributed by atoms with Gasteiger partial charge in [0.15, 0.2) is 18.1 Å². The smallest absolute Gasteiger partial charge is 0.338 e. The molecular formula is C18H14N2O5. The Morgan fingerprint density at radius 1 is 1.16 bits per heavy atom. The second-order valence-electron chi connectivity index (χ2n) is 5.47. The molecule has 0 aliphatic carbocycles. The monoisotopic (exact) mass is 338 g/mol. The molecule has 0 saturated heterocycles. The van der Waals surface area contributed by atoms with Crippen LogP contribution in [-0.2, 0) is 11.3 Å². The zero-order chi connectivity index (χ0) is 17.2. The van der Waals surface area contributed by atoms with Crippen LogP contribution in [0.2, 0.25) is 0 Å². The maximum Gasteiger partial charge on any atom is 0.338 e. The molecule has 7 heteroatoms. The maximum absolute atomic E-state index is 12.1. The summed E-state index contributed by atoms with van der Waals surface area (Å²) in [6.45, 7) is 1.96. The van der Waals surface area contributed by atoms with E-state index in [9.17, 15) is 4.79 Å². The Balaban J connectivity index is 1.45. The van der Waals surface area contributed by atoms with Crippen molar-refractivity contribution >= 4 is 5.97 Å². The molecule has 126 valence electrons. The van der Waals surface area contributed by atoms with Crippen molar-refractivity contribution in [2.24, 2.45) is 0 Å². The Morgan fingerprint density at radius 3 is 2.88 bits per heavy atom. The summed E-state index contributed by atoms with van der Waals surface area (Å²) in [7, 11) is 0. The molecule has 4 rings (SSSR count). The van der Waals surface area contributed by atoms with Crippen molar-refractivity contribution in [3.8, 4) is 22.9 Å². The van der Waals surface area contributed by atoms with E-state index < -0.39 is 5.97 Å². The lowest BCUT2D eigenvalue weighted by Crippen LogP contribution is -2.07. The molecule has 0 unspecified atom stereocenters. The quantitative estimate of drug-likeness (QED) is 0.676. The third-order valence-corrected chi connectivity index (χ3v) is 3.79. The van der Waals surface area contributed by atoms with E-state index in [2.05, 4.69) is 10.1 Å². The minimum absolute atomic E-state index is 0.0925. The number of fused-ring (bicyclic) bond motifs is 1. The van der Waals surface area contributed by atoms with Crippen LogP contribution in [0.15, 0.2) is 47.0 Å². The third-order valence-electron chi connectivity index (χ3n) is 3.79. The highest BCUT2D eigenvalue weighted by Crippen LogP contribution is 2.35. The Kier molecular flexibility index (Phi) is 3.81. The van der Waals surface area contributed by atoms with Gasteiger partial charge in [0.2, 0.25) is 12.6 Å². The van der Waals surface area contributed by atoms with E-state index in [1.807, 2.05) is 25.1 Å². The van der Waals surface area contributed by atoms with Crippen LogP contribution < -0.4 is 9.47 Å². The van der Waals surface area contributed by atoms with Gasteiger partial charge in [-0.25, -0.2) is 4.79 Å². The number of benzene rings is 2. The Morgan fingerprint density at radius 2 is 2.00 bits per heavy atom. The third kappa shape index (κ3) is 3.03. The lowest BCUT2D eigenvalue weighted by atomic mass is 10.1. The van der Waals surface area contributed by atoms with Gasteiger partial charge in [0.25, 0.3) is 5.89 Å². The van der Waals surface area contributed by atoms with Crippen molar-refractivity contribution in [2.75, 3.05) is 6.79 Å². The van der Waals surface area contributed by atoms with Crippen molar-refractivity contribution in [1.82, 2.24) is 10.1 Å². The minimum atomic E-state index is -0.430. The van der Waals surface area contributed by atoms with Gasteiger partial charge in [0, 0.05) is 5.56 Å². The highest BCUT2D eigenvalue weighted by atomic mass is 16.7. The summed E-state index contributed by atoms with van der Waals surface area (Å²) in [5.74, 6) is 1.49. The summed E-state index contributed by atoms with van der Waals surface area (Å²) in [4.78, 5) is 16.3. The maximum atomic E-state index is 12.1. The first kappa shape index (κ1) is 15.2. The molecule has 0 saturated carbocycles. The van der Waals surface area contributed by atoms with Gasteiger partial charge < -0.3 is 18.7 Å². The van der Waals surface area contributed by atoms with Crippen LogP contribution in [0.4, 0.5) is 0 Å². The highest BCUT2D eigenvalue weighted by Gasteiger charge is 2.17. The first-order chi connectivity index (χ1) is 12.2. The van der Waals surface area contributed by atoms with Gasteiger partial charge in [-0.3, -0.25) is 0 Å². The number of hydrogen-bond donors (Lipinski definition) is 0. The van der Waals surface area contributed by atoms with Crippen LogP contribution in [0.25, 0.3) is 11.4 Å². The summed E-state index contributed by atoms with van der Waals surface area (Å²) in [5.41, 5.74) is 2.08. The van der Waals surface area contributed by atoms with Crippen molar-refractivity contribution in [1.29, 1.82) is 0 Å². The number of ether oxygens (including phenoxy) is 3. The van der Waals surface area contributed by atoms with E-state index in [1.165, 1.54) is 0 Å². The van der Waals surface area contributed by atoms with Crippen LogP contribution in [0.1, 0.15) is 21.8 Å². The van der Waals surface area contributed by atoms with Crippen LogP contribution in [0.5, 0.6) is 11.5 Å². The van der Waals surface area contributed by atoms with E-state index in [4.69, 9.17) is 18.7 Å². The summed E-state index contributed by atoms with van der Waals surface area (Å²) >= 11 is 0. The van der Waals surface area contributed by atoms with E-state index in [0.717, 1.165) is 11.1 Å². The summed E-state index contributed by atoms with van der Waals surface area (Å²) < 4.78 is 21.0. The fourth-order valence-corrected chi connectivity index (χ4v) is 2.47. The fourth-order valence-electron chi connectivity index (χ4n) is 2.47. The number of esters is 1. The van der Waals surface area contributed by atoms with Crippen molar-refractivity contribution in [3.63, 3.8) is 0 Å². The number of aryl methyl sites for hydroxylation is 1. The number of hydrogen-bond acceptors (Lipinski definition) is 7. The molecule has 0 atom stereocenters. The molecule has 0 amide bonds. The predicted molar refractivity (Wildman–Crippen MR) is 86.2 cm³/mol. The molecule has 0 spiro atoms. The zero-order valence-corrected chi connectivity index (χ0v) is 13.4. The number of carbonyl (C=O) groups excluding carboxylic acids is 1. The van der Waals surface area contributed by atoms with Gasteiger partial charge in [-0.05, 0) is 36.8 Å². The molecule has 1 aliphatic heterocycles. The van der Waals surface area contributed by atoms with Gasteiger partial charge in [-0.2, -0.15) is 4.98 Å². The molecule has 1 aromatic heterocycles. The van der Waals surface area contributed by atoms with E-state index in [0.29, 0.717) is 22.9 Å². The van der Waals surface area contributed by atoms with Gasteiger partial charge >= 0.3 is 5.97 Å². The Bertz CT molecular complexity index is 935. The lowest BCUT2D eigenvalue weighted by molar-refractivity contribution is 0.0429. The second kappa shape index (κ2) is 6.27. The molecule has 0 fully saturated rings. The first-order valence-corrected chi connectivity index (χ1v) is 7.66. The van der Waals surface area contributed by atoms with Gasteiger partial charge in [0.1, 0.15) is 0 Å². The Hall–Kier alpha value is -3.35. The molecule has 2 heterocycles. The highest BCUT2D eigenvalue weighted by molar-refractivity contribution is 5.90. The number of rotatable bonds is 4. The molecular weight excluding hydrogens is 324 g/mol. The Labute approximate surface area is 143 Å². The molecule has 2 aromatic carbocycles. The summed E-state index contributed by atoms with van der Waals surface area (Å²) in [5, 5.41) is 3.91. The fraction of sp³-hybridized carbons (Fsp3) is 0.167. The largest absolute Gasteiger partial charge is 0.454 e. The number of aromatic nitrogens is 2. The lowest BCUT2D eigenvalue weighted by Gasteiger charge is -2.04. The van der Waals surface area contributed by atoms with Crippen LogP contribution in [-0.4, -0.2) is 22.9 Å². The van der Waals surface area contributed by atoms with Gasteiger partial charge in [0.05, 0.1) is 5.56 Å². The number of nitrogens with zero attached hydrogens (tertiary/aromatic N) is 2. The molecule has 0 bridgehead atoms. The van der Waals surface area contributed by atoms with Crippen LogP contribution in [0.3, 0.4) is 0 Å². The molecule has 0 N–H and O–H groups in total. The summed E-state index contributed by atoms with van der Waals surface area (Å²) in [6.07, 6.45) is 0.